The van der Waals surface area contributed by atoms with Gasteiger partial charge in [0.2, 0.25) is 5.91 Å². The Kier molecular flexibility index (Phi) is 3.97. The molecule has 3 aromatic rings. The smallest absolute Gasteiger partial charge is 0.225 e. The predicted octanol–water partition coefficient (Wildman–Crippen LogP) is 3.22. The van der Waals surface area contributed by atoms with Crippen LogP contribution in [0.25, 0.3) is 22.4 Å². The van der Waals surface area contributed by atoms with E-state index in [2.05, 4.69) is 15.3 Å². The van der Waals surface area contributed by atoms with Crippen molar-refractivity contribution in [2.45, 2.75) is 31.8 Å². The molecule has 2 aliphatic carbocycles. The standard InChI is InChI=1S/C22H24N4O/c23-20-16-10-9-15(11-16)19(20)22(27)24-12-13-5-7-14(8-6-13)21-25-17-3-1-2-4-18(17)26-21/h1-8,15-16,19-20H,9-12,23H2,(H,24,27)(H,25,26). The average Bonchev–Trinajstić information content (AvgIpc) is 3.40. The van der Waals surface area contributed by atoms with Gasteiger partial charge in [0, 0.05) is 18.2 Å². The lowest BCUT2D eigenvalue weighted by Crippen LogP contribution is -2.45. The van der Waals surface area contributed by atoms with Gasteiger partial charge in [-0.1, -0.05) is 36.4 Å². The second kappa shape index (κ2) is 6.50. The van der Waals surface area contributed by atoms with E-state index in [1.54, 1.807) is 0 Å². The number of carbonyl (C=O) groups excluding carboxylic acids is 1. The minimum Gasteiger partial charge on any atom is -0.352 e. The van der Waals surface area contributed by atoms with Crippen LogP contribution in [0.2, 0.25) is 0 Å². The predicted molar refractivity (Wildman–Crippen MR) is 106 cm³/mol. The molecule has 0 aliphatic heterocycles. The Morgan fingerprint density at radius 3 is 2.63 bits per heavy atom. The van der Waals surface area contributed by atoms with E-state index in [0.717, 1.165) is 40.8 Å². The highest BCUT2D eigenvalue weighted by Gasteiger charge is 2.48. The first-order valence-electron chi connectivity index (χ1n) is 9.76. The fourth-order valence-corrected chi connectivity index (χ4v) is 4.90. The number of amides is 1. The molecule has 1 heterocycles. The van der Waals surface area contributed by atoms with Gasteiger partial charge in [0.25, 0.3) is 0 Å². The van der Waals surface area contributed by atoms with Gasteiger partial charge < -0.3 is 16.0 Å². The summed E-state index contributed by atoms with van der Waals surface area (Å²) in [5.41, 5.74) is 10.4. The van der Waals surface area contributed by atoms with Gasteiger partial charge >= 0.3 is 0 Å². The molecular formula is C22H24N4O. The van der Waals surface area contributed by atoms with Crippen molar-refractivity contribution in [3.63, 3.8) is 0 Å². The number of aromatic nitrogens is 2. The fourth-order valence-electron chi connectivity index (χ4n) is 4.90. The first-order chi connectivity index (χ1) is 13.2. The van der Waals surface area contributed by atoms with E-state index in [-0.39, 0.29) is 17.9 Å². The molecule has 27 heavy (non-hydrogen) atoms. The zero-order chi connectivity index (χ0) is 18.4. The summed E-state index contributed by atoms with van der Waals surface area (Å²) >= 11 is 0. The van der Waals surface area contributed by atoms with Crippen LogP contribution in [0.15, 0.2) is 48.5 Å². The molecule has 4 unspecified atom stereocenters. The number of para-hydroxylation sites is 2. The van der Waals surface area contributed by atoms with E-state index in [9.17, 15) is 4.79 Å². The third-order valence-electron chi connectivity index (χ3n) is 6.37. The maximum Gasteiger partial charge on any atom is 0.225 e. The molecule has 2 aromatic carbocycles. The molecule has 1 amide bonds. The fraction of sp³-hybridized carbons (Fsp3) is 0.364. The Hall–Kier alpha value is -2.66. The van der Waals surface area contributed by atoms with Crippen LogP contribution in [-0.2, 0) is 11.3 Å². The van der Waals surface area contributed by atoms with E-state index >= 15 is 0 Å². The average molecular weight is 360 g/mol. The molecule has 2 bridgehead atoms. The SMILES string of the molecule is NC1C2CCC(C2)C1C(=O)NCc1ccc(-c2nc3ccccc3[nH]2)cc1. The van der Waals surface area contributed by atoms with Crippen molar-refractivity contribution in [3.05, 3.63) is 54.1 Å². The number of imidazole rings is 1. The van der Waals surface area contributed by atoms with E-state index < -0.39 is 0 Å². The van der Waals surface area contributed by atoms with Crippen molar-refractivity contribution in [2.24, 2.45) is 23.5 Å². The Labute approximate surface area is 158 Å². The Morgan fingerprint density at radius 2 is 1.89 bits per heavy atom. The summed E-state index contributed by atoms with van der Waals surface area (Å²) < 4.78 is 0. The van der Waals surface area contributed by atoms with Crippen molar-refractivity contribution in [2.75, 3.05) is 0 Å². The molecule has 5 nitrogen and oxygen atoms in total. The quantitative estimate of drug-likeness (QED) is 0.668. The van der Waals surface area contributed by atoms with Crippen LogP contribution in [0.1, 0.15) is 24.8 Å². The van der Waals surface area contributed by atoms with Crippen LogP contribution < -0.4 is 11.1 Å². The highest BCUT2D eigenvalue weighted by Crippen LogP contribution is 2.47. The van der Waals surface area contributed by atoms with Crippen molar-refractivity contribution in [1.82, 2.24) is 15.3 Å². The van der Waals surface area contributed by atoms with E-state index in [1.807, 2.05) is 48.5 Å². The maximum atomic E-state index is 12.6. The van der Waals surface area contributed by atoms with E-state index in [0.29, 0.717) is 18.4 Å². The summed E-state index contributed by atoms with van der Waals surface area (Å²) in [6, 6.07) is 16.2. The lowest BCUT2D eigenvalue weighted by molar-refractivity contribution is -0.127. The van der Waals surface area contributed by atoms with Gasteiger partial charge in [0.05, 0.1) is 17.0 Å². The largest absolute Gasteiger partial charge is 0.352 e. The van der Waals surface area contributed by atoms with Gasteiger partial charge in [-0.3, -0.25) is 4.79 Å². The van der Waals surface area contributed by atoms with Crippen molar-refractivity contribution >= 4 is 16.9 Å². The number of nitrogens with zero attached hydrogens (tertiary/aromatic N) is 1. The third kappa shape index (κ3) is 2.92. The molecule has 138 valence electrons. The molecule has 5 heteroatoms. The molecule has 1 aromatic heterocycles. The van der Waals surface area contributed by atoms with Crippen molar-refractivity contribution in [3.8, 4) is 11.4 Å². The minimum absolute atomic E-state index is 0.00132. The molecule has 2 saturated carbocycles. The van der Waals surface area contributed by atoms with Gasteiger partial charge in [0.15, 0.2) is 0 Å². The van der Waals surface area contributed by atoms with Gasteiger partial charge in [-0.05, 0) is 48.8 Å². The number of nitrogens with two attached hydrogens (primary N) is 1. The number of hydrogen-bond acceptors (Lipinski definition) is 3. The van der Waals surface area contributed by atoms with Crippen LogP contribution in [0.4, 0.5) is 0 Å². The monoisotopic (exact) mass is 360 g/mol. The second-order valence-corrected chi connectivity index (χ2v) is 7.95. The molecule has 2 fully saturated rings. The van der Waals surface area contributed by atoms with Gasteiger partial charge in [-0.25, -0.2) is 4.98 Å². The molecule has 4 N–H and O–H groups in total. The van der Waals surface area contributed by atoms with E-state index in [4.69, 9.17) is 5.73 Å². The number of H-pyrrole nitrogens is 1. The van der Waals surface area contributed by atoms with Gasteiger partial charge in [0.1, 0.15) is 5.82 Å². The molecule has 0 spiro atoms. The summed E-state index contributed by atoms with van der Waals surface area (Å²) in [5, 5.41) is 3.09. The van der Waals surface area contributed by atoms with Crippen LogP contribution in [-0.4, -0.2) is 21.9 Å². The summed E-state index contributed by atoms with van der Waals surface area (Å²) in [5.74, 6) is 2.02. The zero-order valence-electron chi connectivity index (χ0n) is 15.2. The zero-order valence-corrected chi connectivity index (χ0v) is 15.2. The normalized spacial score (nSPS) is 26.6. The Bertz CT molecular complexity index is 942. The summed E-state index contributed by atoms with van der Waals surface area (Å²) in [6.45, 7) is 0.542. The third-order valence-corrected chi connectivity index (χ3v) is 6.37. The number of rotatable bonds is 4. The molecular weight excluding hydrogens is 336 g/mol. The lowest BCUT2D eigenvalue weighted by atomic mass is 9.84. The second-order valence-electron chi connectivity index (χ2n) is 7.95. The number of benzene rings is 2. The highest BCUT2D eigenvalue weighted by molar-refractivity contribution is 5.81. The summed E-state index contributed by atoms with van der Waals surface area (Å²) in [7, 11) is 0. The van der Waals surface area contributed by atoms with E-state index in [1.165, 1.54) is 6.42 Å². The van der Waals surface area contributed by atoms with Crippen LogP contribution in [0.5, 0.6) is 0 Å². The van der Waals surface area contributed by atoms with Crippen molar-refractivity contribution < 1.29 is 4.79 Å². The number of hydrogen-bond donors (Lipinski definition) is 3. The van der Waals surface area contributed by atoms with Gasteiger partial charge in [-0.15, -0.1) is 0 Å². The Balaban J connectivity index is 1.25. The number of nitrogens with one attached hydrogen (secondary N) is 2. The van der Waals surface area contributed by atoms with Crippen LogP contribution in [0.3, 0.4) is 0 Å². The minimum atomic E-state index is -0.00132. The Morgan fingerprint density at radius 1 is 1.11 bits per heavy atom. The molecule has 2 aliphatic rings. The highest BCUT2D eigenvalue weighted by atomic mass is 16.1. The maximum absolute atomic E-state index is 12.6. The summed E-state index contributed by atoms with van der Waals surface area (Å²) in [4.78, 5) is 20.6. The molecule has 0 saturated heterocycles. The van der Waals surface area contributed by atoms with Crippen molar-refractivity contribution in [1.29, 1.82) is 0 Å². The number of fused-ring (bicyclic) bond motifs is 3. The first-order valence-corrected chi connectivity index (χ1v) is 9.76. The first kappa shape index (κ1) is 16.5. The summed E-state index contributed by atoms with van der Waals surface area (Å²) in [6.07, 6.45) is 3.48. The van der Waals surface area contributed by atoms with Crippen LogP contribution >= 0.6 is 0 Å². The molecule has 4 atom stereocenters. The van der Waals surface area contributed by atoms with Crippen LogP contribution in [0, 0.1) is 17.8 Å². The number of aromatic amines is 1. The van der Waals surface area contributed by atoms with Gasteiger partial charge in [-0.2, -0.15) is 0 Å². The topological polar surface area (TPSA) is 83.8 Å². The molecule has 5 rings (SSSR count). The number of carbonyl (C=O) groups is 1. The molecule has 0 radical (unpaired) electrons. The lowest BCUT2D eigenvalue weighted by Gasteiger charge is -2.27.